The van der Waals surface area contributed by atoms with Crippen LogP contribution < -0.4 is 10.6 Å². The van der Waals surface area contributed by atoms with Crippen molar-refractivity contribution in [2.75, 3.05) is 27.7 Å². The van der Waals surface area contributed by atoms with Crippen molar-refractivity contribution >= 4 is 41.5 Å². The molecule has 1 aliphatic rings. The number of nitrogens with zero attached hydrogens (tertiary/aromatic N) is 3. The Balaban J connectivity index is 3.85. The second kappa shape index (κ2) is 23.4. The van der Waals surface area contributed by atoms with Crippen molar-refractivity contribution < 1.29 is 48.1 Å². The van der Waals surface area contributed by atoms with Crippen molar-refractivity contribution in [3.05, 3.63) is 23.3 Å². The summed E-state index contributed by atoms with van der Waals surface area (Å²) < 4.78 is 11.7. The van der Waals surface area contributed by atoms with Crippen molar-refractivity contribution in [1.82, 2.24) is 25.3 Å². The van der Waals surface area contributed by atoms with E-state index in [2.05, 4.69) is 10.6 Å². The summed E-state index contributed by atoms with van der Waals surface area (Å²) in [5, 5.41) is 16.8. The molecule has 9 atom stereocenters. The Morgan fingerprint density at radius 1 is 0.828 bits per heavy atom. The Kier molecular flexibility index (Phi) is 20.8. The summed E-state index contributed by atoms with van der Waals surface area (Å²) in [7, 11) is 4.35. The van der Waals surface area contributed by atoms with Crippen LogP contribution in [0.15, 0.2) is 23.3 Å². The Bertz CT molecular complexity index is 1520. The number of cyclic esters (lactones) is 2. The number of hydrogen-bond acceptors (Lipinski definition) is 10. The van der Waals surface area contributed by atoms with Crippen LogP contribution in [0.5, 0.6) is 0 Å². The maximum absolute atomic E-state index is 14.2. The van der Waals surface area contributed by atoms with E-state index in [1.807, 2.05) is 26.8 Å². The van der Waals surface area contributed by atoms with E-state index in [-0.39, 0.29) is 17.9 Å². The first-order chi connectivity index (χ1) is 26.8. The van der Waals surface area contributed by atoms with Gasteiger partial charge < -0.3 is 39.9 Å². The molecule has 15 heteroatoms. The lowest BCUT2D eigenvalue weighted by molar-refractivity contribution is -0.160. The number of carbonyl (C=O) groups is 7. The number of aliphatic hydroxyl groups is 1. The number of likely N-dealkylation sites (N-methyl/N-ethyl adjacent to an activating group) is 3. The van der Waals surface area contributed by atoms with Crippen LogP contribution in [-0.4, -0.2) is 131 Å². The van der Waals surface area contributed by atoms with E-state index < -0.39 is 114 Å². The standard InChI is InChI=1S/C43H73N5O10/c1-17-19-27(10)37-29(12)31(49)21-20-28(11)42(55)57-36(25(7)8)38(51)45-34(24(5)6)40(53)48(16)35(26(9)18-2)41(54)46(14)22-32(50)44-33(23(3)4)39(52)47(15)30(13)43(56)58-37/h19-20,23-26,29-31,33-37,49H,17-18,21-22H2,1-16H3,(H,44,50)(H,45,51)/b27-19-,28-20+/t26-,29+,30+,31+,33+,34+,35+,36-,37-/m1/s1. The molecule has 0 saturated heterocycles. The van der Waals surface area contributed by atoms with Crippen LogP contribution >= 0.6 is 0 Å². The van der Waals surface area contributed by atoms with Gasteiger partial charge in [-0.15, -0.1) is 0 Å². The molecule has 0 aromatic heterocycles. The SMILES string of the molecule is CC/C=C(/C)[C@H]1OC(=O)[C@H](C)N(C)C(=O)[C@H](C(C)C)NC(=O)CN(C)C(=O)[C@H]([C@H](C)CC)N(C)C(=O)[C@H](C(C)C)NC(=O)[C@@H](C(C)C)OC(=O)/C(C)=C/C[C@H](O)[C@@H]1C. The number of ether oxygens (including phenoxy) is 2. The Morgan fingerprint density at radius 3 is 1.86 bits per heavy atom. The highest BCUT2D eigenvalue weighted by Gasteiger charge is 2.40. The lowest BCUT2D eigenvalue weighted by Gasteiger charge is -2.37. The Labute approximate surface area is 346 Å². The first-order valence-electron chi connectivity index (χ1n) is 20.6. The highest BCUT2D eigenvalue weighted by Crippen LogP contribution is 2.25. The molecule has 0 unspecified atom stereocenters. The fourth-order valence-electron chi connectivity index (χ4n) is 6.71. The summed E-state index contributed by atoms with van der Waals surface area (Å²) in [5.74, 6) is -6.78. The van der Waals surface area contributed by atoms with E-state index >= 15 is 0 Å². The maximum Gasteiger partial charge on any atom is 0.334 e. The van der Waals surface area contributed by atoms with Crippen LogP contribution in [0, 0.1) is 29.6 Å². The molecular formula is C43H73N5O10. The Hall–Kier alpha value is -4.27. The number of esters is 2. The molecule has 0 fully saturated rings. The highest BCUT2D eigenvalue weighted by atomic mass is 16.6. The monoisotopic (exact) mass is 820 g/mol. The number of carbonyl (C=O) groups excluding carboxylic acids is 7. The third-order valence-electron chi connectivity index (χ3n) is 11.1. The minimum atomic E-state index is -1.28. The summed E-state index contributed by atoms with van der Waals surface area (Å²) in [5.41, 5.74) is 0.824. The maximum atomic E-state index is 14.2. The van der Waals surface area contributed by atoms with Crippen LogP contribution in [0.1, 0.15) is 109 Å². The summed E-state index contributed by atoms with van der Waals surface area (Å²) in [4.78, 5) is 100. The van der Waals surface area contributed by atoms with Crippen LogP contribution in [0.25, 0.3) is 0 Å². The summed E-state index contributed by atoms with van der Waals surface area (Å²) >= 11 is 0. The minimum Gasteiger partial charge on any atom is -0.456 e. The van der Waals surface area contributed by atoms with Gasteiger partial charge in [-0.1, -0.05) is 87.8 Å². The van der Waals surface area contributed by atoms with Gasteiger partial charge in [0.05, 0.1) is 12.6 Å². The molecule has 1 aliphatic heterocycles. The normalized spacial score (nSPS) is 29.6. The van der Waals surface area contributed by atoms with Gasteiger partial charge in [-0.2, -0.15) is 0 Å². The molecule has 5 amide bonds. The van der Waals surface area contributed by atoms with Gasteiger partial charge in [0.15, 0.2) is 6.10 Å². The number of nitrogens with one attached hydrogen (secondary N) is 2. The fourth-order valence-corrected chi connectivity index (χ4v) is 6.71. The average molecular weight is 820 g/mol. The van der Waals surface area contributed by atoms with Crippen molar-refractivity contribution in [3.8, 4) is 0 Å². The van der Waals surface area contributed by atoms with Gasteiger partial charge in [-0.3, -0.25) is 24.0 Å². The second-order valence-corrected chi connectivity index (χ2v) is 17.0. The molecule has 58 heavy (non-hydrogen) atoms. The van der Waals surface area contributed by atoms with Gasteiger partial charge in [0.25, 0.3) is 5.91 Å². The minimum absolute atomic E-state index is 0.0146. The van der Waals surface area contributed by atoms with Gasteiger partial charge in [0, 0.05) is 32.6 Å². The predicted octanol–water partition coefficient (Wildman–Crippen LogP) is 3.63. The fraction of sp³-hybridized carbons (Fsp3) is 0.744. The molecule has 0 bridgehead atoms. The highest BCUT2D eigenvalue weighted by molar-refractivity contribution is 5.96. The van der Waals surface area contributed by atoms with E-state index in [4.69, 9.17) is 9.47 Å². The largest absolute Gasteiger partial charge is 0.456 e. The zero-order valence-electron chi connectivity index (χ0n) is 37.9. The molecule has 330 valence electrons. The van der Waals surface area contributed by atoms with E-state index in [1.54, 1.807) is 55.4 Å². The molecule has 0 aromatic carbocycles. The number of allylic oxidation sites excluding steroid dienone is 1. The van der Waals surface area contributed by atoms with E-state index in [0.29, 0.717) is 18.4 Å². The number of aliphatic hydroxyl groups excluding tert-OH is 1. The lowest BCUT2D eigenvalue weighted by Crippen LogP contribution is -2.60. The summed E-state index contributed by atoms with van der Waals surface area (Å²) in [6, 6.07) is -4.26. The number of rotatable bonds is 7. The van der Waals surface area contributed by atoms with Crippen molar-refractivity contribution in [2.45, 2.75) is 152 Å². The molecular weight excluding hydrogens is 746 g/mol. The smallest absolute Gasteiger partial charge is 0.334 e. The van der Waals surface area contributed by atoms with Gasteiger partial charge in [0.1, 0.15) is 30.3 Å². The molecule has 0 aromatic rings. The van der Waals surface area contributed by atoms with Gasteiger partial charge in [0.2, 0.25) is 23.6 Å². The molecule has 1 heterocycles. The molecule has 0 aliphatic carbocycles. The first kappa shape index (κ1) is 51.7. The second-order valence-electron chi connectivity index (χ2n) is 17.0. The number of amides is 5. The molecule has 0 saturated carbocycles. The van der Waals surface area contributed by atoms with Crippen LogP contribution in [0.2, 0.25) is 0 Å². The van der Waals surface area contributed by atoms with Crippen LogP contribution in [0.4, 0.5) is 0 Å². The zero-order chi connectivity index (χ0) is 44.9. The number of hydrogen-bond donors (Lipinski definition) is 3. The zero-order valence-corrected chi connectivity index (χ0v) is 37.9. The molecule has 0 spiro atoms. The van der Waals surface area contributed by atoms with E-state index in [0.717, 1.165) is 0 Å². The van der Waals surface area contributed by atoms with E-state index in [1.165, 1.54) is 55.8 Å². The van der Waals surface area contributed by atoms with Gasteiger partial charge in [-0.05, 0) is 62.9 Å². The van der Waals surface area contributed by atoms with Crippen molar-refractivity contribution in [1.29, 1.82) is 0 Å². The third kappa shape index (κ3) is 13.9. The Morgan fingerprint density at radius 2 is 1.36 bits per heavy atom. The molecule has 3 N–H and O–H groups in total. The van der Waals surface area contributed by atoms with Crippen molar-refractivity contribution in [2.24, 2.45) is 29.6 Å². The molecule has 0 radical (unpaired) electrons. The van der Waals surface area contributed by atoms with Crippen LogP contribution in [-0.2, 0) is 43.0 Å². The van der Waals surface area contributed by atoms with Gasteiger partial charge >= 0.3 is 11.9 Å². The predicted molar refractivity (Wildman–Crippen MR) is 222 cm³/mol. The van der Waals surface area contributed by atoms with Crippen molar-refractivity contribution in [3.63, 3.8) is 0 Å². The third-order valence-corrected chi connectivity index (χ3v) is 11.1. The van der Waals surface area contributed by atoms with Gasteiger partial charge in [-0.25, -0.2) is 9.59 Å². The topological polar surface area (TPSA) is 192 Å². The first-order valence-corrected chi connectivity index (χ1v) is 20.6. The average Bonchev–Trinajstić information content (AvgIpc) is 3.16. The molecule has 1 rings (SSSR count). The summed E-state index contributed by atoms with van der Waals surface area (Å²) in [6.45, 7) is 22.1. The quantitative estimate of drug-likeness (QED) is 0.253. The van der Waals surface area contributed by atoms with E-state index in [9.17, 15) is 38.7 Å². The molecule has 15 nitrogen and oxygen atoms in total. The van der Waals surface area contributed by atoms with Crippen LogP contribution in [0.3, 0.4) is 0 Å². The summed E-state index contributed by atoms with van der Waals surface area (Å²) in [6.07, 6.45) is 1.25. The lowest BCUT2D eigenvalue weighted by atomic mass is 9.90.